The maximum absolute atomic E-state index is 11.0. The van der Waals surface area contributed by atoms with Gasteiger partial charge in [0, 0.05) is 33.0 Å². The third kappa shape index (κ3) is 3.71. The van der Waals surface area contributed by atoms with Gasteiger partial charge in [-0.15, -0.1) is 0 Å². The van der Waals surface area contributed by atoms with Crippen LogP contribution in [0, 0.1) is 0 Å². The molecule has 0 amide bonds. The van der Waals surface area contributed by atoms with Crippen LogP contribution in [0.15, 0.2) is 72.8 Å². The maximum atomic E-state index is 11.0. The fourth-order valence-corrected chi connectivity index (χ4v) is 5.84. The van der Waals surface area contributed by atoms with E-state index in [4.69, 9.17) is 29.9 Å². The molecule has 2 aliphatic rings. The summed E-state index contributed by atoms with van der Waals surface area (Å²) >= 11 is 0. The fraction of sp³-hybridized carbons (Fsp3) is 0. The molecule has 0 unspecified atom stereocenters. The van der Waals surface area contributed by atoms with Gasteiger partial charge in [-0.1, -0.05) is 72.8 Å². The molecule has 8 bridgehead atoms. The molecule has 0 radical (unpaired) electrons. The van der Waals surface area contributed by atoms with E-state index in [2.05, 4.69) is 9.97 Å². The number of phenolic OH excluding ortho intramolecular Hbond substituents is 4. The SMILES string of the molecule is Oc1c(O)c(O)c2c3nc4nc(nc5[nH]c(nc6nc(nc([nH]3)c2c1O)-c1ccccc1-6)c1ccccc51)-c1ccccc1-4.[Cu+]. The van der Waals surface area contributed by atoms with Gasteiger partial charge in [0.05, 0.1) is 10.8 Å². The van der Waals surface area contributed by atoms with Crippen LogP contribution in [0.3, 0.4) is 0 Å². The number of nitrogens with one attached hydrogen (secondary N) is 2. The molecular weight excluding hydrogens is 624 g/mol. The Bertz CT molecular complexity index is 2410. The summed E-state index contributed by atoms with van der Waals surface area (Å²) in [4.78, 5) is 35.1. The molecule has 12 nitrogen and oxygen atoms in total. The number of phenols is 4. The van der Waals surface area contributed by atoms with E-state index in [1.54, 1.807) is 0 Å². The number of nitrogens with zero attached hydrogens (tertiary/aromatic N) is 6. The van der Waals surface area contributed by atoms with Crippen LogP contribution in [0.2, 0.25) is 0 Å². The molecule has 220 valence electrons. The molecule has 3 aromatic heterocycles. The molecule has 0 atom stereocenters. The minimum absolute atomic E-state index is 0. The van der Waals surface area contributed by atoms with E-state index in [1.807, 2.05) is 72.8 Å². The third-order valence-electron chi connectivity index (χ3n) is 7.89. The molecule has 2 aliphatic heterocycles. The predicted molar refractivity (Wildman–Crippen MR) is 163 cm³/mol. The standard InChI is InChI=1S/C32H18N8O4.Cu/c41-21-19-20(22(42)24(44)23(21)43)32-39-30-18-12-6-4-10-16(18)28(37-30)35-26-14-8-2-1-7-13(14)25(33-26)34-27-15-9-3-5-11-17(15)29(36-27)38-31(19)40-32;/h1-12,41-44H,(H2,33,34,35,36,37,38,39,40);/q;+1. The molecule has 13 heteroatoms. The molecule has 9 rings (SSSR count). The van der Waals surface area contributed by atoms with E-state index in [9.17, 15) is 20.4 Å². The van der Waals surface area contributed by atoms with Crippen molar-refractivity contribution in [1.29, 1.82) is 0 Å². The second-order valence-corrected chi connectivity index (χ2v) is 10.4. The van der Waals surface area contributed by atoms with Crippen LogP contribution >= 0.6 is 0 Å². The van der Waals surface area contributed by atoms with Crippen molar-refractivity contribution in [2.45, 2.75) is 0 Å². The Morgan fingerprint density at radius 2 is 0.689 bits per heavy atom. The van der Waals surface area contributed by atoms with Crippen LogP contribution in [0.5, 0.6) is 23.0 Å². The summed E-state index contributed by atoms with van der Waals surface area (Å²) in [7, 11) is 0. The average Bonchev–Trinajstić information content (AvgIpc) is 3.78. The van der Waals surface area contributed by atoms with Gasteiger partial charge in [-0.2, -0.15) is 0 Å². The van der Waals surface area contributed by atoms with Gasteiger partial charge in [0.25, 0.3) is 0 Å². The zero-order valence-electron chi connectivity index (χ0n) is 22.7. The van der Waals surface area contributed by atoms with Gasteiger partial charge in [0.15, 0.2) is 34.8 Å². The second kappa shape index (κ2) is 9.48. The summed E-state index contributed by atoms with van der Waals surface area (Å²) in [6.45, 7) is 0. The van der Waals surface area contributed by atoms with Crippen molar-refractivity contribution in [3.05, 3.63) is 72.8 Å². The summed E-state index contributed by atoms with van der Waals surface area (Å²) in [6, 6.07) is 22.7. The van der Waals surface area contributed by atoms with Gasteiger partial charge < -0.3 is 30.4 Å². The van der Waals surface area contributed by atoms with Gasteiger partial charge in [0.1, 0.15) is 22.6 Å². The number of fused-ring (bicyclic) bond motifs is 20. The Balaban J connectivity index is 0.00000300. The second-order valence-electron chi connectivity index (χ2n) is 10.4. The van der Waals surface area contributed by atoms with Crippen LogP contribution in [-0.2, 0) is 17.1 Å². The summed E-state index contributed by atoms with van der Waals surface area (Å²) in [5.41, 5.74) is 4.00. The largest absolute Gasteiger partial charge is 1.00 e. The molecule has 0 saturated carbocycles. The van der Waals surface area contributed by atoms with Gasteiger partial charge in [-0.05, 0) is 0 Å². The molecule has 4 aromatic carbocycles. The number of hydrogen-bond acceptors (Lipinski definition) is 10. The normalized spacial score (nSPS) is 11.7. The van der Waals surface area contributed by atoms with E-state index < -0.39 is 23.0 Å². The van der Waals surface area contributed by atoms with Crippen molar-refractivity contribution in [3.63, 3.8) is 0 Å². The van der Waals surface area contributed by atoms with E-state index in [1.165, 1.54) is 0 Å². The van der Waals surface area contributed by atoms with Crippen molar-refractivity contribution in [2.24, 2.45) is 0 Å². The van der Waals surface area contributed by atoms with Gasteiger partial charge in [-0.3, -0.25) is 0 Å². The van der Waals surface area contributed by atoms with Gasteiger partial charge in [-0.25, -0.2) is 29.9 Å². The number of aromatic hydroxyl groups is 4. The first-order valence-corrected chi connectivity index (χ1v) is 13.6. The van der Waals surface area contributed by atoms with Crippen molar-refractivity contribution >= 4 is 44.1 Å². The number of aromatic amines is 2. The molecule has 6 N–H and O–H groups in total. The minimum atomic E-state index is -0.897. The molecule has 0 saturated heterocycles. The molecule has 0 aliphatic carbocycles. The number of benzene rings is 4. The summed E-state index contributed by atoms with van der Waals surface area (Å²) < 4.78 is 0. The van der Waals surface area contributed by atoms with E-state index in [0.29, 0.717) is 34.1 Å². The molecule has 0 fully saturated rings. The zero-order chi connectivity index (χ0) is 29.7. The van der Waals surface area contributed by atoms with Gasteiger partial charge in [0.2, 0.25) is 11.5 Å². The van der Waals surface area contributed by atoms with Crippen molar-refractivity contribution < 1.29 is 37.5 Å². The Morgan fingerprint density at radius 3 is 1.07 bits per heavy atom. The summed E-state index contributed by atoms with van der Waals surface area (Å²) in [5, 5.41) is 44.4. The van der Waals surface area contributed by atoms with Gasteiger partial charge >= 0.3 is 17.1 Å². The summed E-state index contributed by atoms with van der Waals surface area (Å²) in [5.74, 6) is -1.83. The fourth-order valence-electron chi connectivity index (χ4n) is 5.84. The molecule has 7 aromatic rings. The number of rotatable bonds is 0. The Hall–Kier alpha value is -6.04. The maximum Gasteiger partial charge on any atom is 1.00 e. The predicted octanol–water partition coefficient (Wildman–Crippen LogP) is 5.69. The number of aromatic nitrogens is 8. The quantitative estimate of drug-likeness (QED) is 0.0681. The number of H-pyrrole nitrogens is 2. The molecule has 45 heavy (non-hydrogen) atoms. The van der Waals surface area contributed by atoms with Crippen molar-refractivity contribution in [2.75, 3.05) is 0 Å². The third-order valence-corrected chi connectivity index (χ3v) is 7.89. The van der Waals surface area contributed by atoms with E-state index >= 15 is 0 Å². The monoisotopic (exact) mass is 641 g/mol. The summed E-state index contributed by atoms with van der Waals surface area (Å²) in [6.07, 6.45) is 0. The van der Waals surface area contributed by atoms with Crippen LogP contribution < -0.4 is 0 Å². The number of hydrogen-bond donors (Lipinski definition) is 6. The Kier molecular flexibility index (Phi) is 5.60. The molecule has 0 spiro atoms. The minimum Gasteiger partial charge on any atom is -0.504 e. The van der Waals surface area contributed by atoms with E-state index in [0.717, 1.165) is 21.9 Å². The first-order valence-electron chi connectivity index (χ1n) is 13.6. The topological polar surface area (TPSA) is 190 Å². The van der Waals surface area contributed by atoms with Crippen LogP contribution in [0.25, 0.3) is 89.7 Å². The molecule has 5 heterocycles. The Morgan fingerprint density at radius 1 is 0.378 bits per heavy atom. The Labute approximate surface area is 262 Å². The zero-order valence-corrected chi connectivity index (χ0v) is 23.6. The van der Waals surface area contributed by atoms with E-state index in [-0.39, 0.29) is 50.8 Å². The van der Waals surface area contributed by atoms with Crippen molar-refractivity contribution in [3.8, 4) is 68.5 Å². The smallest absolute Gasteiger partial charge is 0.504 e. The average molecular weight is 642 g/mol. The van der Waals surface area contributed by atoms with Crippen LogP contribution in [-0.4, -0.2) is 60.3 Å². The first kappa shape index (κ1) is 26.6. The van der Waals surface area contributed by atoms with Crippen molar-refractivity contribution in [1.82, 2.24) is 39.9 Å². The molecular formula is C32H18CuN8O4+. The van der Waals surface area contributed by atoms with Crippen LogP contribution in [0.4, 0.5) is 0 Å². The van der Waals surface area contributed by atoms with Crippen LogP contribution in [0.1, 0.15) is 0 Å². The first-order chi connectivity index (χ1) is 21.5.